The second-order valence-corrected chi connectivity index (χ2v) is 3.75. The molecule has 0 saturated heterocycles. The van der Waals surface area contributed by atoms with E-state index >= 15 is 0 Å². The number of amides is 1. The minimum absolute atomic E-state index is 0.0388. The molecule has 0 aliphatic heterocycles. The maximum atomic E-state index is 11.8. The van der Waals surface area contributed by atoms with Gasteiger partial charge in [0.15, 0.2) is 0 Å². The van der Waals surface area contributed by atoms with Gasteiger partial charge in [-0.1, -0.05) is 19.1 Å². The lowest BCUT2D eigenvalue weighted by Crippen LogP contribution is -2.41. The van der Waals surface area contributed by atoms with Crippen molar-refractivity contribution >= 4 is 11.6 Å². The van der Waals surface area contributed by atoms with Crippen molar-refractivity contribution < 1.29 is 4.79 Å². The fourth-order valence-corrected chi connectivity index (χ4v) is 1.39. The van der Waals surface area contributed by atoms with Crippen molar-refractivity contribution in [3.8, 4) is 0 Å². The minimum atomic E-state index is -0.407. The van der Waals surface area contributed by atoms with Crippen LogP contribution in [0.15, 0.2) is 24.3 Å². The van der Waals surface area contributed by atoms with Gasteiger partial charge in [0, 0.05) is 12.7 Å². The predicted octanol–water partition coefficient (Wildman–Crippen LogP) is 1.70. The highest BCUT2D eigenvalue weighted by molar-refractivity contribution is 5.96. The molecule has 1 aromatic carbocycles. The van der Waals surface area contributed by atoms with Crippen LogP contribution in [0.3, 0.4) is 0 Å². The van der Waals surface area contributed by atoms with Gasteiger partial charge in [-0.3, -0.25) is 4.79 Å². The predicted molar refractivity (Wildman–Crippen MR) is 62.9 cm³/mol. The van der Waals surface area contributed by atoms with Crippen molar-refractivity contribution in [1.82, 2.24) is 0 Å². The molecule has 1 atom stereocenters. The van der Waals surface area contributed by atoms with Crippen LogP contribution >= 0.6 is 0 Å². The van der Waals surface area contributed by atoms with E-state index in [2.05, 4.69) is 0 Å². The second-order valence-electron chi connectivity index (χ2n) is 3.75. The molecule has 1 rings (SSSR count). The van der Waals surface area contributed by atoms with E-state index < -0.39 is 6.04 Å². The highest BCUT2D eigenvalue weighted by atomic mass is 16.2. The number of nitrogens with two attached hydrogens (primary N) is 1. The van der Waals surface area contributed by atoms with E-state index in [9.17, 15) is 4.79 Å². The molecule has 1 amide bonds. The third-order valence-electron chi connectivity index (χ3n) is 2.48. The Morgan fingerprint density at radius 3 is 2.73 bits per heavy atom. The number of anilines is 1. The van der Waals surface area contributed by atoms with E-state index in [1.54, 1.807) is 11.9 Å². The number of nitrogens with zero attached hydrogens (tertiary/aromatic N) is 1. The van der Waals surface area contributed by atoms with Crippen molar-refractivity contribution in [1.29, 1.82) is 0 Å². The summed E-state index contributed by atoms with van der Waals surface area (Å²) in [6, 6.07) is 7.41. The first kappa shape index (κ1) is 11.7. The van der Waals surface area contributed by atoms with Crippen molar-refractivity contribution in [2.24, 2.45) is 5.73 Å². The molecular weight excluding hydrogens is 188 g/mol. The Hall–Kier alpha value is -1.35. The van der Waals surface area contributed by atoms with E-state index in [0.29, 0.717) is 6.42 Å². The summed E-state index contributed by atoms with van der Waals surface area (Å²) < 4.78 is 0. The van der Waals surface area contributed by atoms with Gasteiger partial charge in [-0.15, -0.1) is 0 Å². The molecular formula is C12H18N2O. The smallest absolute Gasteiger partial charge is 0.243 e. The Balaban J connectivity index is 2.85. The van der Waals surface area contributed by atoms with Gasteiger partial charge < -0.3 is 10.6 Å². The average Bonchev–Trinajstić information content (AvgIpc) is 2.26. The number of hydrogen-bond donors (Lipinski definition) is 1. The molecule has 3 heteroatoms. The van der Waals surface area contributed by atoms with Crippen LogP contribution in [-0.2, 0) is 4.79 Å². The third kappa shape index (κ3) is 2.80. The molecule has 0 aliphatic carbocycles. The van der Waals surface area contributed by atoms with Crippen molar-refractivity contribution in [2.45, 2.75) is 26.3 Å². The Bertz CT molecular complexity index is 349. The van der Waals surface area contributed by atoms with Gasteiger partial charge in [-0.05, 0) is 31.0 Å². The van der Waals surface area contributed by atoms with Gasteiger partial charge in [0.1, 0.15) is 0 Å². The summed E-state index contributed by atoms with van der Waals surface area (Å²) in [6.07, 6.45) is 0.662. The van der Waals surface area contributed by atoms with Gasteiger partial charge in [0.25, 0.3) is 0 Å². The molecule has 0 aromatic heterocycles. The van der Waals surface area contributed by atoms with Crippen LogP contribution in [-0.4, -0.2) is 19.0 Å². The largest absolute Gasteiger partial charge is 0.320 e. The van der Waals surface area contributed by atoms with E-state index in [1.165, 1.54) is 0 Å². The lowest BCUT2D eigenvalue weighted by molar-refractivity contribution is -0.119. The Morgan fingerprint density at radius 2 is 2.20 bits per heavy atom. The minimum Gasteiger partial charge on any atom is -0.320 e. The molecule has 0 unspecified atom stereocenters. The van der Waals surface area contributed by atoms with Crippen LogP contribution in [0.5, 0.6) is 0 Å². The number of benzene rings is 1. The Morgan fingerprint density at radius 1 is 1.53 bits per heavy atom. The molecule has 0 spiro atoms. The first-order valence-corrected chi connectivity index (χ1v) is 5.16. The molecule has 15 heavy (non-hydrogen) atoms. The summed E-state index contributed by atoms with van der Waals surface area (Å²) in [5.41, 5.74) is 7.73. The van der Waals surface area contributed by atoms with E-state index in [0.717, 1.165) is 11.3 Å². The van der Waals surface area contributed by atoms with Crippen LogP contribution in [0.1, 0.15) is 18.9 Å². The molecule has 3 nitrogen and oxygen atoms in total. The van der Waals surface area contributed by atoms with E-state index in [4.69, 9.17) is 5.73 Å². The molecule has 2 N–H and O–H groups in total. The fraction of sp³-hybridized carbons (Fsp3) is 0.417. The van der Waals surface area contributed by atoms with Gasteiger partial charge >= 0.3 is 0 Å². The lowest BCUT2D eigenvalue weighted by atomic mass is 10.1. The second kappa shape index (κ2) is 4.94. The Kier molecular flexibility index (Phi) is 3.86. The van der Waals surface area contributed by atoms with Gasteiger partial charge in [-0.25, -0.2) is 0 Å². The number of carbonyl (C=O) groups excluding carboxylic acids is 1. The Labute approximate surface area is 90.9 Å². The summed E-state index contributed by atoms with van der Waals surface area (Å²) in [7, 11) is 1.76. The van der Waals surface area contributed by atoms with Gasteiger partial charge in [-0.2, -0.15) is 0 Å². The van der Waals surface area contributed by atoms with Gasteiger partial charge in [0.2, 0.25) is 5.91 Å². The van der Waals surface area contributed by atoms with Crippen LogP contribution in [0, 0.1) is 6.92 Å². The molecule has 0 heterocycles. The monoisotopic (exact) mass is 206 g/mol. The summed E-state index contributed by atoms with van der Waals surface area (Å²) in [5, 5.41) is 0. The van der Waals surface area contributed by atoms with Crippen LogP contribution in [0.2, 0.25) is 0 Å². The summed E-state index contributed by atoms with van der Waals surface area (Å²) in [4.78, 5) is 13.4. The zero-order valence-electron chi connectivity index (χ0n) is 9.53. The zero-order valence-corrected chi connectivity index (χ0v) is 9.53. The number of carbonyl (C=O) groups is 1. The van der Waals surface area contributed by atoms with Crippen molar-refractivity contribution in [2.75, 3.05) is 11.9 Å². The molecule has 0 saturated carbocycles. The van der Waals surface area contributed by atoms with Crippen molar-refractivity contribution in [3.63, 3.8) is 0 Å². The average molecular weight is 206 g/mol. The fourth-order valence-electron chi connectivity index (χ4n) is 1.39. The van der Waals surface area contributed by atoms with E-state index in [-0.39, 0.29) is 5.91 Å². The highest BCUT2D eigenvalue weighted by Crippen LogP contribution is 2.15. The maximum absolute atomic E-state index is 11.8. The summed E-state index contributed by atoms with van der Waals surface area (Å²) in [6.45, 7) is 3.91. The number of aryl methyl sites for hydroxylation is 1. The molecule has 0 fully saturated rings. The third-order valence-corrected chi connectivity index (χ3v) is 2.48. The quantitative estimate of drug-likeness (QED) is 0.818. The van der Waals surface area contributed by atoms with Crippen LogP contribution < -0.4 is 10.6 Å². The normalized spacial score (nSPS) is 12.3. The first-order valence-electron chi connectivity index (χ1n) is 5.16. The SMILES string of the molecule is CC[C@@H](N)C(=O)N(C)c1cccc(C)c1. The molecule has 1 aromatic rings. The maximum Gasteiger partial charge on any atom is 0.243 e. The van der Waals surface area contributed by atoms with Crippen LogP contribution in [0.4, 0.5) is 5.69 Å². The molecule has 82 valence electrons. The number of hydrogen-bond acceptors (Lipinski definition) is 2. The summed E-state index contributed by atoms with van der Waals surface area (Å²) in [5.74, 6) is -0.0388. The highest BCUT2D eigenvalue weighted by Gasteiger charge is 2.17. The zero-order chi connectivity index (χ0) is 11.4. The standard InChI is InChI=1S/C12H18N2O/c1-4-11(13)12(15)14(3)10-7-5-6-9(2)8-10/h5-8,11H,4,13H2,1-3H3/t11-/m1/s1. The first-order chi connectivity index (χ1) is 7.06. The molecule has 0 bridgehead atoms. The van der Waals surface area contributed by atoms with Crippen molar-refractivity contribution in [3.05, 3.63) is 29.8 Å². The lowest BCUT2D eigenvalue weighted by Gasteiger charge is -2.20. The molecule has 0 radical (unpaired) electrons. The number of rotatable bonds is 3. The van der Waals surface area contributed by atoms with Gasteiger partial charge in [0.05, 0.1) is 6.04 Å². The topological polar surface area (TPSA) is 46.3 Å². The molecule has 0 aliphatic rings. The number of likely N-dealkylation sites (N-methyl/N-ethyl adjacent to an activating group) is 1. The summed E-state index contributed by atoms with van der Waals surface area (Å²) >= 11 is 0. The van der Waals surface area contributed by atoms with E-state index in [1.807, 2.05) is 38.1 Å². The van der Waals surface area contributed by atoms with Crippen LogP contribution in [0.25, 0.3) is 0 Å².